The van der Waals surface area contributed by atoms with E-state index in [-0.39, 0.29) is 5.91 Å². The van der Waals surface area contributed by atoms with Gasteiger partial charge in [0.1, 0.15) is 18.5 Å². The molecule has 0 N–H and O–H groups in total. The number of para-hydroxylation sites is 3. The van der Waals surface area contributed by atoms with Gasteiger partial charge in [-0.3, -0.25) is 9.69 Å². The van der Waals surface area contributed by atoms with Crippen LogP contribution in [0.5, 0.6) is 5.75 Å². The molecule has 0 spiro atoms. The van der Waals surface area contributed by atoms with Crippen molar-refractivity contribution in [3.8, 4) is 5.75 Å². The van der Waals surface area contributed by atoms with Gasteiger partial charge in [0.05, 0.1) is 11.3 Å². The average molecular weight is 497 g/mol. The lowest BCUT2D eigenvalue weighted by Gasteiger charge is -2.46. The minimum Gasteiger partial charge on any atom is -0.488 e. The molecule has 0 aliphatic carbocycles. The third-order valence-electron chi connectivity index (χ3n) is 6.87. The highest BCUT2D eigenvalue weighted by molar-refractivity contribution is 6.12. The average Bonchev–Trinajstić information content (AvgIpc) is 2.99. The first-order valence-electron chi connectivity index (χ1n) is 12.8. The van der Waals surface area contributed by atoms with Gasteiger partial charge in [0.2, 0.25) is 0 Å². The van der Waals surface area contributed by atoms with Crippen LogP contribution in [0.2, 0.25) is 0 Å². The first-order valence-corrected chi connectivity index (χ1v) is 12.8. The fraction of sp³-hybridized carbons (Fsp3) is 0.0882. The lowest BCUT2D eigenvalue weighted by atomic mass is 9.98. The maximum absolute atomic E-state index is 14.1. The number of hydrogen-bond acceptors (Lipinski definition) is 3. The zero-order chi connectivity index (χ0) is 25.7. The molecular formula is C34H28N2O2. The van der Waals surface area contributed by atoms with E-state index in [9.17, 15) is 4.79 Å². The van der Waals surface area contributed by atoms with E-state index >= 15 is 0 Å². The zero-order valence-electron chi connectivity index (χ0n) is 21.0. The zero-order valence-corrected chi connectivity index (χ0v) is 21.0. The lowest BCUT2D eigenvalue weighted by molar-refractivity contribution is 0.0967. The molecule has 186 valence electrons. The summed E-state index contributed by atoms with van der Waals surface area (Å²) in [5, 5.41) is 0. The molecule has 0 unspecified atom stereocenters. The number of fused-ring (bicyclic) bond motifs is 1. The number of rotatable bonds is 7. The molecule has 4 nitrogen and oxygen atoms in total. The Kier molecular flexibility index (Phi) is 6.60. The largest absolute Gasteiger partial charge is 0.488 e. The summed E-state index contributed by atoms with van der Waals surface area (Å²) in [5.41, 5.74) is 5.63. The summed E-state index contributed by atoms with van der Waals surface area (Å²) in [6, 6.07) is 46.4. The van der Waals surface area contributed by atoms with Gasteiger partial charge in [-0.2, -0.15) is 0 Å². The summed E-state index contributed by atoms with van der Waals surface area (Å²) in [6.07, 6.45) is -0.410. The maximum atomic E-state index is 14.1. The second kappa shape index (κ2) is 10.7. The molecule has 1 aliphatic rings. The van der Waals surface area contributed by atoms with Crippen LogP contribution in [0.4, 0.5) is 11.4 Å². The van der Waals surface area contributed by atoms with Gasteiger partial charge < -0.3 is 9.64 Å². The number of carbonyl (C=O) groups is 1. The van der Waals surface area contributed by atoms with Crippen LogP contribution in [-0.4, -0.2) is 5.91 Å². The van der Waals surface area contributed by atoms with Crippen LogP contribution < -0.4 is 14.5 Å². The van der Waals surface area contributed by atoms with Gasteiger partial charge in [0.25, 0.3) is 5.91 Å². The lowest BCUT2D eigenvalue weighted by Crippen LogP contribution is -2.49. The minimum atomic E-state index is -0.410. The molecule has 1 heterocycles. The van der Waals surface area contributed by atoms with Crippen LogP contribution >= 0.6 is 0 Å². The van der Waals surface area contributed by atoms with E-state index in [2.05, 4.69) is 47.4 Å². The summed E-state index contributed by atoms with van der Waals surface area (Å²) in [6.45, 7) is 1.07. The fourth-order valence-electron chi connectivity index (χ4n) is 5.08. The second-order valence-corrected chi connectivity index (χ2v) is 9.33. The Hall–Kier alpha value is -4.83. The van der Waals surface area contributed by atoms with E-state index in [0.717, 1.165) is 33.8 Å². The summed E-state index contributed by atoms with van der Waals surface area (Å²) in [7, 11) is 0. The molecule has 0 aromatic heterocycles. The smallest absolute Gasteiger partial charge is 0.262 e. The molecule has 4 heteroatoms. The normalized spacial score (nSPS) is 14.7. The van der Waals surface area contributed by atoms with Crippen molar-refractivity contribution in [3.63, 3.8) is 0 Å². The Morgan fingerprint density at radius 1 is 0.605 bits per heavy atom. The quantitative estimate of drug-likeness (QED) is 0.232. The molecule has 1 aliphatic heterocycles. The van der Waals surface area contributed by atoms with Gasteiger partial charge in [-0.15, -0.1) is 0 Å². The van der Waals surface area contributed by atoms with E-state index in [1.54, 1.807) is 0 Å². The number of hydrogen-bond donors (Lipinski definition) is 0. The molecule has 1 amide bonds. The highest BCUT2D eigenvalue weighted by Gasteiger charge is 2.40. The van der Waals surface area contributed by atoms with Gasteiger partial charge in [0.15, 0.2) is 0 Å². The number of carbonyl (C=O) groups excluding carboxylic acids is 1. The van der Waals surface area contributed by atoms with E-state index in [0.29, 0.717) is 18.7 Å². The summed E-state index contributed by atoms with van der Waals surface area (Å²) in [4.78, 5) is 18.4. The molecule has 0 saturated carbocycles. The predicted molar refractivity (Wildman–Crippen MR) is 152 cm³/mol. The van der Waals surface area contributed by atoms with Crippen molar-refractivity contribution in [2.45, 2.75) is 19.3 Å². The second-order valence-electron chi connectivity index (χ2n) is 9.33. The van der Waals surface area contributed by atoms with Crippen molar-refractivity contribution in [1.82, 2.24) is 0 Å². The van der Waals surface area contributed by atoms with Crippen LogP contribution in [0.15, 0.2) is 140 Å². The summed E-state index contributed by atoms with van der Waals surface area (Å²) in [5.74, 6) is 0.728. The molecule has 0 bridgehead atoms. The molecule has 0 fully saturated rings. The predicted octanol–water partition coefficient (Wildman–Crippen LogP) is 7.63. The highest BCUT2D eigenvalue weighted by atomic mass is 16.5. The molecular weight excluding hydrogens is 468 g/mol. The van der Waals surface area contributed by atoms with Gasteiger partial charge in [-0.25, -0.2) is 0 Å². The third-order valence-corrected chi connectivity index (χ3v) is 6.87. The molecule has 38 heavy (non-hydrogen) atoms. The van der Waals surface area contributed by atoms with Crippen LogP contribution in [-0.2, 0) is 13.2 Å². The van der Waals surface area contributed by atoms with Gasteiger partial charge >= 0.3 is 0 Å². The Morgan fingerprint density at radius 2 is 1.18 bits per heavy atom. The number of ether oxygens (including phenoxy) is 1. The van der Waals surface area contributed by atoms with Crippen molar-refractivity contribution >= 4 is 17.3 Å². The van der Waals surface area contributed by atoms with Crippen molar-refractivity contribution in [2.24, 2.45) is 0 Å². The Morgan fingerprint density at radius 3 is 1.92 bits per heavy atom. The van der Waals surface area contributed by atoms with E-state index in [4.69, 9.17) is 4.74 Å². The third kappa shape index (κ3) is 4.64. The van der Waals surface area contributed by atoms with Crippen molar-refractivity contribution in [3.05, 3.63) is 162 Å². The molecule has 5 aromatic rings. The minimum absolute atomic E-state index is 0.0287. The van der Waals surface area contributed by atoms with E-state index < -0.39 is 6.17 Å². The van der Waals surface area contributed by atoms with Gasteiger partial charge in [-0.1, -0.05) is 109 Å². The number of anilines is 2. The topological polar surface area (TPSA) is 32.8 Å². The number of nitrogens with zero attached hydrogens (tertiary/aromatic N) is 2. The monoisotopic (exact) mass is 496 g/mol. The molecule has 0 radical (unpaired) electrons. The Balaban J connectivity index is 1.51. The Labute approximate surface area is 223 Å². The van der Waals surface area contributed by atoms with Gasteiger partial charge in [-0.05, 0) is 41.5 Å². The summed E-state index contributed by atoms with van der Waals surface area (Å²) < 4.78 is 6.42. The Bertz CT molecular complexity index is 1520. The molecule has 5 aromatic carbocycles. The molecule has 0 saturated heterocycles. The first-order chi connectivity index (χ1) is 18.8. The molecule has 1 atom stereocenters. The highest BCUT2D eigenvalue weighted by Crippen LogP contribution is 2.44. The standard InChI is InChI=1S/C34H28N2O2/c37-34-29-20-10-12-22-31(29)35(24-26-14-4-1-5-15-26)33(36(34)28-18-8-3-9-19-28)30-21-11-13-23-32(30)38-25-27-16-6-2-7-17-27/h1-23,33H,24-25H2/t33-/m0/s1. The van der Waals surface area contributed by atoms with Crippen LogP contribution in [0.1, 0.15) is 33.2 Å². The van der Waals surface area contributed by atoms with Crippen molar-refractivity contribution < 1.29 is 9.53 Å². The van der Waals surface area contributed by atoms with Gasteiger partial charge in [0, 0.05) is 17.8 Å². The first kappa shape index (κ1) is 23.6. The van der Waals surface area contributed by atoms with E-state index in [1.165, 1.54) is 0 Å². The number of benzene rings is 5. The number of amides is 1. The maximum Gasteiger partial charge on any atom is 0.262 e. The van der Waals surface area contributed by atoms with Crippen LogP contribution in [0.25, 0.3) is 0 Å². The van der Waals surface area contributed by atoms with Crippen LogP contribution in [0.3, 0.4) is 0 Å². The SMILES string of the molecule is O=C1c2ccccc2N(Cc2ccccc2)[C@H](c2ccccc2OCc2ccccc2)N1c1ccccc1. The fourth-order valence-corrected chi connectivity index (χ4v) is 5.08. The van der Waals surface area contributed by atoms with Crippen LogP contribution in [0, 0.1) is 0 Å². The van der Waals surface area contributed by atoms with Crippen molar-refractivity contribution in [1.29, 1.82) is 0 Å². The van der Waals surface area contributed by atoms with Crippen molar-refractivity contribution in [2.75, 3.05) is 9.80 Å². The summed E-state index contributed by atoms with van der Waals surface area (Å²) >= 11 is 0. The van der Waals surface area contributed by atoms with E-state index in [1.807, 2.05) is 102 Å². The molecule has 6 rings (SSSR count).